The third-order valence-corrected chi connectivity index (χ3v) is 2.07. The van der Waals surface area contributed by atoms with E-state index in [-0.39, 0.29) is 0 Å². The van der Waals surface area contributed by atoms with Crippen molar-refractivity contribution in [2.45, 2.75) is 13.3 Å². The zero-order chi connectivity index (χ0) is 10.5. The van der Waals surface area contributed by atoms with Gasteiger partial charge in [0.15, 0.2) is 0 Å². The summed E-state index contributed by atoms with van der Waals surface area (Å²) in [6.45, 7) is 3.10. The summed E-state index contributed by atoms with van der Waals surface area (Å²) in [6, 6.07) is 3.93. The maximum Gasteiger partial charge on any atom is 0.0849 e. The van der Waals surface area contributed by atoms with Crippen LogP contribution in [0.3, 0.4) is 0 Å². The Bertz CT molecular complexity index is 408. The van der Waals surface area contributed by atoms with Gasteiger partial charge in [0.1, 0.15) is 0 Å². The molecule has 2 heterocycles. The molecule has 0 atom stereocenters. The lowest BCUT2D eigenvalue weighted by molar-refractivity contribution is 0.873. The van der Waals surface area contributed by atoms with Crippen LogP contribution in [-0.4, -0.2) is 21.3 Å². The summed E-state index contributed by atoms with van der Waals surface area (Å²) in [5, 5.41) is 7.45. The fourth-order valence-electron chi connectivity index (χ4n) is 1.34. The van der Waals surface area contributed by atoms with Crippen LogP contribution in [0.5, 0.6) is 0 Å². The van der Waals surface area contributed by atoms with Crippen molar-refractivity contribution in [3.8, 4) is 5.69 Å². The van der Waals surface area contributed by atoms with Gasteiger partial charge in [-0.1, -0.05) is 6.92 Å². The lowest BCUT2D eigenvalue weighted by Gasteiger charge is -2.06. The zero-order valence-electron chi connectivity index (χ0n) is 8.72. The summed E-state index contributed by atoms with van der Waals surface area (Å²) in [7, 11) is 0. The van der Waals surface area contributed by atoms with Crippen LogP contribution in [0.2, 0.25) is 0 Å². The second-order valence-electron chi connectivity index (χ2n) is 3.31. The van der Waals surface area contributed by atoms with E-state index in [4.69, 9.17) is 0 Å². The lowest BCUT2D eigenvalue weighted by Crippen LogP contribution is -2.02. The minimum Gasteiger partial charge on any atom is -0.384 e. The summed E-state index contributed by atoms with van der Waals surface area (Å²) >= 11 is 0. The molecule has 1 N–H and O–H groups in total. The average molecular weight is 202 g/mol. The van der Waals surface area contributed by atoms with Crippen LogP contribution in [0.15, 0.2) is 36.9 Å². The van der Waals surface area contributed by atoms with Crippen LogP contribution in [0.1, 0.15) is 13.3 Å². The molecule has 2 rings (SSSR count). The van der Waals surface area contributed by atoms with Crippen molar-refractivity contribution in [1.82, 2.24) is 14.8 Å². The number of anilines is 1. The van der Waals surface area contributed by atoms with E-state index in [9.17, 15) is 0 Å². The van der Waals surface area contributed by atoms with E-state index in [1.165, 1.54) is 0 Å². The number of aromatic nitrogens is 3. The number of nitrogens with zero attached hydrogens (tertiary/aromatic N) is 3. The van der Waals surface area contributed by atoms with Gasteiger partial charge < -0.3 is 5.32 Å². The topological polar surface area (TPSA) is 42.7 Å². The molecule has 0 aliphatic rings. The molecular formula is C11H14N4. The highest BCUT2D eigenvalue weighted by atomic mass is 15.3. The Balaban J connectivity index is 2.19. The van der Waals surface area contributed by atoms with E-state index in [0.29, 0.717) is 0 Å². The fourth-order valence-corrected chi connectivity index (χ4v) is 1.34. The molecule has 0 saturated carbocycles. The molecule has 0 radical (unpaired) electrons. The normalized spacial score (nSPS) is 10.2. The SMILES string of the molecule is CCCNc1cncc(-n2cccn2)c1. The summed E-state index contributed by atoms with van der Waals surface area (Å²) < 4.78 is 1.80. The zero-order valence-corrected chi connectivity index (χ0v) is 8.72. The van der Waals surface area contributed by atoms with Crippen molar-refractivity contribution in [2.24, 2.45) is 0 Å². The molecule has 0 spiro atoms. The Morgan fingerprint density at radius 1 is 1.40 bits per heavy atom. The molecule has 2 aromatic heterocycles. The van der Waals surface area contributed by atoms with E-state index >= 15 is 0 Å². The minimum atomic E-state index is 0.963. The molecule has 15 heavy (non-hydrogen) atoms. The maximum absolute atomic E-state index is 4.17. The molecule has 0 unspecified atom stereocenters. The maximum atomic E-state index is 4.17. The van der Waals surface area contributed by atoms with Gasteiger partial charge in [-0.25, -0.2) is 4.68 Å². The molecule has 4 heteroatoms. The third kappa shape index (κ3) is 2.34. The van der Waals surface area contributed by atoms with Gasteiger partial charge in [-0.15, -0.1) is 0 Å². The Hall–Kier alpha value is -1.84. The molecule has 0 fully saturated rings. The first-order chi connectivity index (χ1) is 7.40. The largest absolute Gasteiger partial charge is 0.384 e. The molecule has 0 aliphatic heterocycles. The van der Waals surface area contributed by atoms with Crippen molar-refractivity contribution < 1.29 is 0 Å². The Morgan fingerprint density at radius 2 is 2.33 bits per heavy atom. The predicted molar refractivity (Wildman–Crippen MR) is 60.1 cm³/mol. The Kier molecular flexibility index (Phi) is 2.97. The lowest BCUT2D eigenvalue weighted by atomic mass is 10.3. The molecule has 0 amide bonds. The number of hydrogen-bond donors (Lipinski definition) is 1. The molecule has 0 aromatic carbocycles. The standard InChI is InChI=1S/C11H14N4/c1-2-4-13-10-7-11(9-12-8-10)15-6-3-5-14-15/h3,5-9,13H,2,4H2,1H3. The van der Waals surface area contributed by atoms with Crippen LogP contribution in [0, 0.1) is 0 Å². The summed E-state index contributed by atoms with van der Waals surface area (Å²) in [4.78, 5) is 4.17. The minimum absolute atomic E-state index is 0.963. The van der Waals surface area contributed by atoms with Gasteiger partial charge in [-0.2, -0.15) is 5.10 Å². The van der Waals surface area contributed by atoms with Gasteiger partial charge >= 0.3 is 0 Å². The molecule has 78 valence electrons. The average Bonchev–Trinajstić information content (AvgIpc) is 2.80. The van der Waals surface area contributed by atoms with Gasteiger partial charge in [0.2, 0.25) is 0 Å². The second kappa shape index (κ2) is 4.59. The first-order valence-electron chi connectivity index (χ1n) is 5.09. The predicted octanol–water partition coefficient (Wildman–Crippen LogP) is 2.09. The number of pyridine rings is 1. The molecule has 2 aromatic rings. The monoisotopic (exact) mass is 202 g/mol. The summed E-state index contributed by atoms with van der Waals surface area (Å²) in [5.74, 6) is 0. The van der Waals surface area contributed by atoms with E-state index in [1.54, 1.807) is 17.1 Å². The molecule has 0 bridgehead atoms. The fraction of sp³-hybridized carbons (Fsp3) is 0.273. The second-order valence-corrected chi connectivity index (χ2v) is 3.31. The molecule has 0 saturated heterocycles. The van der Waals surface area contributed by atoms with E-state index < -0.39 is 0 Å². The van der Waals surface area contributed by atoms with Crippen molar-refractivity contribution in [3.63, 3.8) is 0 Å². The van der Waals surface area contributed by atoms with Crippen molar-refractivity contribution in [2.75, 3.05) is 11.9 Å². The van der Waals surface area contributed by atoms with E-state index in [1.807, 2.05) is 24.5 Å². The van der Waals surface area contributed by atoms with Crippen molar-refractivity contribution >= 4 is 5.69 Å². The van der Waals surface area contributed by atoms with Crippen LogP contribution in [0.25, 0.3) is 5.69 Å². The van der Waals surface area contributed by atoms with E-state index in [2.05, 4.69) is 22.3 Å². The highest BCUT2D eigenvalue weighted by Crippen LogP contribution is 2.11. The number of hydrogen-bond acceptors (Lipinski definition) is 3. The van der Waals surface area contributed by atoms with E-state index in [0.717, 1.165) is 24.3 Å². The molecule has 4 nitrogen and oxygen atoms in total. The Morgan fingerprint density at radius 3 is 3.07 bits per heavy atom. The first kappa shape index (κ1) is 9.71. The van der Waals surface area contributed by atoms with Crippen molar-refractivity contribution in [3.05, 3.63) is 36.9 Å². The van der Waals surface area contributed by atoms with Crippen LogP contribution in [0.4, 0.5) is 5.69 Å². The number of nitrogens with one attached hydrogen (secondary N) is 1. The third-order valence-electron chi connectivity index (χ3n) is 2.07. The summed E-state index contributed by atoms with van der Waals surface area (Å²) in [6.07, 6.45) is 8.38. The smallest absolute Gasteiger partial charge is 0.0849 e. The quantitative estimate of drug-likeness (QED) is 0.825. The first-order valence-corrected chi connectivity index (χ1v) is 5.09. The van der Waals surface area contributed by atoms with Crippen LogP contribution >= 0.6 is 0 Å². The van der Waals surface area contributed by atoms with Crippen LogP contribution in [-0.2, 0) is 0 Å². The molecule has 0 aliphatic carbocycles. The highest BCUT2D eigenvalue weighted by Gasteiger charge is 1.98. The van der Waals surface area contributed by atoms with Gasteiger partial charge in [-0.3, -0.25) is 4.98 Å². The summed E-state index contributed by atoms with van der Waals surface area (Å²) in [5.41, 5.74) is 2.01. The van der Waals surface area contributed by atoms with Gasteiger partial charge in [0.25, 0.3) is 0 Å². The van der Waals surface area contributed by atoms with Crippen molar-refractivity contribution in [1.29, 1.82) is 0 Å². The highest BCUT2D eigenvalue weighted by molar-refractivity contribution is 5.47. The molecular weight excluding hydrogens is 188 g/mol. The van der Waals surface area contributed by atoms with Gasteiger partial charge in [0, 0.05) is 18.9 Å². The Labute approximate surface area is 89.0 Å². The van der Waals surface area contributed by atoms with Crippen LogP contribution < -0.4 is 5.32 Å². The van der Waals surface area contributed by atoms with Gasteiger partial charge in [0.05, 0.1) is 23.8 Å². The number of rotatable bonds is 4. The van der Waals surface area contributed by atoms with Gasteiger partial charge in [-0.05, 0) is 18.6 Å².